The van der Waals surface area contributed by atoms with E-state index in [9.17, 15) is 4.79 Å². The van der Waals surface area contributed by atoms with Crippen molar-refractivity contribution in [2.75, 3.05) is 31.1 Å². The molecule has 0 aliphatic carbocycles. The molecule has 1 aromatic carbocycles. The Morgan fingerprint density at radius 3 is 2.65 bits per heavy atom. The maximum absolute atomic E-state index is 12.5. The third kappa shape index (κ3) is 3.41. The van der Waals surface area contributed by atoms with E-state index in [4.69, 9.17) is 0 Å². The monoisotopic (exact) mass is 349 g/mol. The molecule has 1 atom stereocenters. The van der Waals surface area contributed by atoms with Crippen LogP contribution in [-0.2, 0) is 0 Å². The van der Waals surface area contributed by atoms with Gasteiger partial charge in [-0.2, -0.15) is 0 Å². The second kappa shape index (κ2) is 7.17. The van der Waals surface area contributed by atoms with Gasteiger partial charge in [0.15, 0.2) is 0 Å². The normalized spacial score (nSPS) is 15.8. The number of anilines is 1. The Bertz CT molecular complexity index is 863. The molecular formula is C20H23N5O. The van der Waals surface area contributed by atoms with Crippen LogP contribution in [0.3, 0.4) is 0 Å². The van der Waals surface area contributed by atoms with Crippen LogP contribution in [0.1, 0.15) is 29.0 Å². The van der Waals surface area contributed by atoms with Crippen molar-refractivity contribution in [2.24, 2.45) is 0 Å². The number of carbonyl (C=O) groups excluding carboxylic acids is 1. The standard InChI is InChI=1S/C20H23N5O/c1-15(16-5-7-17(8-6-16)24-12-9-21-10-13-24)22-20(26)18-14-25-11-3-2-4-19(25)23-18/h2-8,11,14-15,21H,9-10,12-13H2,1H3,(H,22,26). The van der Waals surface area contributed by atoms with Crippen molar-refractivity contribution in [1.82, 2.24) is 20.0 Å². The molecule has 1 amide bonds. The lowest BCUT2D eigenvalue weighted by Gasteiger charge is -2.29. The van der Waals surface area contributed by atoms with E-state index >= 15 is 0 Å². The lowest BCUT2D eigenvalue weighted by molar-refractivity contribution is 0.0935. The number of rotatable bonds is 4. The molecule has 0 radical (unpaired) electrons. The molecule has 1 unspecified atom stereocenters. The quantitative estimate of drug-likeness (QED) is 0.758. The molecule has 0 spiro atoms. The first kappa shape index (κ1) is 16.6. The van der Waals surface area contributed by atoms with Gasteiger partial charge in [-0.25, -0.2) is 4.98 Å². The van der Waals surface area contributed by atoms with Crippen molar-refractivity contribution in [1.29, 1.82) is 0 Å². The molecule has 2 N–H and O–H groups in total. The molecule has 6 nitrogen and oxygen atoms in total. The van der Waals surface area contributed by atoms with Gasteiger partial charge in [-0.3, -0.25) is 4.79 Å². The Morgan fingerprint density at radius 1 is 1.15 bits per heavy atom. The number of pyridine rings is 1. The number of nitrogens with zero attached hydrogens (tertiary/aromatic N) is 3. The minimum absolute atomic E-state index is 0.0793. The van der Waals surface area contributed by atoms with Crippen LogP contribution in [0.25, 0.3) is 5.65 Å². The summed E-state index contributed by atoms with van der Waals surface area (Å²) in [5.41, 5.74) is 3.52. The van der Waals surface area contributed by atoms with Gasteiger partial charge in [-0.05, 0) is 36.8 Å². The van der Waals surface area contributed by atoms with Crippen molar-refractivity contribution in [3.05, 3.63) is 66.1 Å². The average molecular weight is 349 g/mol. The Kier molecular flexibility index (Phi) is 4.58. The van der Waals surface area contributed by atoms with Crippen LogP contribution in [0.4, 0.5) is 5.69 Å². The van der Waals surface area contributed by atoms with E-state index in [2.05, 4.69) is 44.8 Å². The summed E-state index contributed by atoms with van der Waals surface area (Å²) in [6.45, 7) is 6.09. The second-order valence-electron chi connectivity index (χ2n) is 6.62. The van der Waals surface area contributed by atoms with Gasteiger partial charge in [0.25, 0.3) is 5.91 Å². The molecule has 1 fully saturated rings. The predicted octanol–water partition coefficient (Wildman–Crippen LogP) is 2.23. The summed E-state index contributed by atoms with van der Waals surface area (Å²) in [5.74, 6) is -0.160. The van der Waals surface area contributed by atoms with E-state index in [1.54, 1.807) is 6.20 Å². The number of carbonyl (C=O) groups is 1. The van der Waals surface area contributed by atoms with Gasteiger partial charge < -0.3 is 19.9 Å². The number of benzene rings is 1. The fraction of sp³-hybridized carbons (Fsp3) is 0.300. The lowest BCUT2D eigenvalue weighted by Crippen LogP contribution is -2.43. The zero-order valence-electron chi connectivity index (χ0n) is 14.9. The van der Waals surface area contributed by atoms with E-state index < -0.39 is 0 Å². The van der Waals surface area contributed by atoms with Gasteiger partial charge in [0.2, 0.25) is 0 Å². The number of hydrogen-bond acceptors (Lipinski definition) is 4. The van der Waals surface area contributed by atoms with Gasteiger partial charge in [0.1, 0.15) is 11.3 Å². The molecule has 26 heavy (non-hydrogen) atoms. The molecule has 0 saturated carbocycles. The third-order valence-corrected chi connectivity index (χ3v) is 4.82. The molecule has 0 bridgehead atoms. The fourth-order valence-corrected chi connectivity index (χ4v) is 3.29. The predicted molar refractivity (Wildman–Crippen MR) is 103 cm³/mol. The van der Waals surface area contributed by atoms with Crippen molar-refractivity contribution < 1.29 is 4.79 Å². The Balaban J connectivity index is 1.43. The fourth-order valence-electron chi connectivity index (χ4n) is 3.29. The van der Waals surface area contributed by atoms with Gasteiger partial charge >= 0.3 is 0 Å². The summed E-state index contributed by atoms with van der Waals surface area (Å²) >= 11 is 0. The van der Waals surface area contributed by atoms with Crippen LogP contribution in [0.5, 0.6) is 0 Å². The summed E-state index contributed by atoms with van der Waals surface area (Å²) in [5, 5.41) is 6.40. The Labute approximate surface area is 152 Å². The Hall–Kier alpha value is -2.86. The molecular weight excluding hydrogens is 326 g/mol. The van der Waals surface area contributed by atoms with Crippen LogP contribution < -0.4 is 15.5 Å². The third-order valence-electron chi connectivity index (χ3n) is 4.82. The molecule has 3 heterocycles. The first-order valence-electron chi connectivity index (χ1n) is 9.01. The SMILES string of the molecule is CC(NC(=O)c1cn2ccccc2n1)c1ccc(N2CCNCC2)cc1. The summed E-state index contributed by atoms with van der Waals surface area (Å²) in [7, 11) is 0. The van der Waals surface area contributed by atoms with Crippen LogP contribution in [0.2, 0.25) is 0 Å². The van der Waals surface area contributed by atoms with Crippen LogP contribution in [0, 0.1) is 0 Å². The molecule has 4 rings (SSSR count). The minimum Gasteiger partial charge on any atom is -0.369 e. The van der Waals surface area contributed by atoms with Gasteiger partial charge in [0.05, 0.1) is 6.04 Å². The summed E-state index contributed by atoms with van der Waals surface area (Å²) in [6, 6.07) is 14.1. The van der Waals surface area contributed by atoms with Crippen LogP contribution >= 0.6 is 0 Å². The topological polar surface area (TPSA) is 61.7 Å². The van der Waals surface area contributed by atoms with Gasteiger partial charge in [0, 0.05) is 44.3 Å². The van der Waals surface area contributed by atoms with E-state index in [0.29, 0.717) is 5.69 Å². The first-order valence-corrected chi connectivity index (χ1v) is 9.01. The van der Waals surface area contributed by atoms with Crippen molar-refractivity contribution in [3.63, 3.8) is 0 Å². The molecule has 1 aliphatic heterocycles. The number of fused-ring (bicyclic) bond motifs is 1. The number of amides is 1. The lowest BCUT2D eigenvalue weighted by atomic mass is 10.1. The van der Waals surface area contributed by atoms with E-state index in [1.165, 1.54) is 5.69 Å². The number of imidazole rings is 1. The zero-order valence-corrected chi connectivity index (χ0v) is 14.9. The molecule has 6 heteroatoms. The zero-order chi connectivity index (χ0) is 17.9. The molecule has 1 saturated heterocycles. The molecule has 2 aromatic heterocycles. The Morgan fingerprint density at radius 2 is 1.92 bits per heavy atom. The average Bonchev–Trinajstić information content (AvgIpc) is 3.13. The van der Waals surface area contributed by atoms with Gasteiger partial charge in [-0.15, -0.1) is 0 Å². The first-order chi connectivity index (χ1) is 12.7. The highest BCUT2D eigenvalue weighted by Gasteiger charge is 2.15. The number of aromatic nitrogens is 2. The highest BCUT2D eigenvalue weighted by molar-refractivity contribution is 5.93. The highest BCUT2D eigenvalue weighted by Crippen LogP contribution is 2.20. The molecule has 3 aromatic rings. The summed E-state index contributed by atoms with van der Waals surface area (Å²) < 4.78 is 1.85. The molecule has 1 aliphatic rings. The maximum Gasteiger partial charge on any atom is 0.271 e. The van der Waals surface area contributed by atoms with Crippen molar-refractivity contribution in [3.8, 4) is 0 Å². The van der Waals surface area contributed by atoms with Crippen LogP contribution in [0.15, 0.2) is 54.9 Å². The second-order valence-corrected chi connectivity index (χ2v) is 6.62. The summed E-state index contributed by atoms with van der Waals surface area (Å²) in [4.78, 5) is 19.3. The highest BCUT2D eigenvalue weighted by atomic mass is 16.2. The smallest absolute Gasteiger partial charge is 0.271 e. The number of hydrogen-bond donors (Lipinski definition) is 2. The molecule has 134 valence electrons. The van der Waals surface area contributed by atoms with E-state index in [1.807, 2.05) is 35.7 Å². The van der Waals surface area contributed by atoms with E-state index in [0.717, 1.165) is 37.4 Å². The minimum atomic E-state index is -0.160. The maximum atomic E-state index is 12.5. The van der Waals surface area contributed by atoms with Gasteiger partial charge in [-0.1, -0.05) is 18.2 Å². The van der Waals surface area contributed by atoms with Crippen molar-refractivity contribution >= 4 is 17.2 Å². The number of nitrogens with one attached hydrogen (secondary N) is 2. The van der Waals surface area contributed by atoms with Crippen molar-refractivity contribution in [2.45, 2.75) is 13.0 Å². The number of piperazine rings is 1. The summed E-state index contributed by atoms with van der Waals surface area (Å²) in [6.07, 6.45) is 3.64. The largest absolute Gasteiger partial charge is 0.369 e. The van der Waals surface area contributed by atoms with E-state index in [-0.39, 0.29) is 11.9 Å². The van der Waals surface area contributed by atoms with Crippen LogP contribution in [-0.4, -0.2) is 41.5 Å².